The first kappa shape index (κ1) is 24.4. The Labute approximate surface area is 201 Å². The van der Waals surface area contributed by atoms with Gasteiger partial charge in [0.05, 0.1) is 5.56 Å². The van der Waals surface area contributed by atoms with E-state index in [0.717, 1.165) is 22.2 Å². The Hall–Kier alpha value is -3.24. The van der Waals surface area contributed by atoms with Crippen molar-refractivity contribution in [2.45, 2.75) is 13.1 Å². The van der Waals surface area contributed by atoms with Crippen molar-refractivity contribution < 1.29 is 22.8 Å². The minimum absolute atomic E-state index is 0.0141. The smallest absolute Gasteiger partial charge is 0.332 e. The average Bonchev–Trinajstić information content (AvgIpc) is 2.75. The van der Waals surface area contributed by atoms with Crippen LogP contribution in [0.2, 0.25) is 0 Å². The van der Waals surface area contributed by atoms with E-state index in [-0.39, 0.29) is 16.4 Å². The van der Waals surface area contributed by atoms with Gasteiger partial charge in [0.2, 0.25) is 0 Å². The van der Waals surface area contributed by atoms with Gasteiger partial charge in [0.15, 0.2) is 5.11 Å². The lowest BCUT2D eigenvalue weighted by molar-refractivity contribution is -0.137. The summed E-state index contributed by atoms with van der Waals surface area (Å²) in [6.07, 6.45) is -4.51. The average molecular weight is 536 g/mol. The number of carbonyl (C=O) groups is 2. The van der Waals surface area contributed by atoms with Gasteiger partial charge in [-0.1, -0.05) is 34.1 Å². The van der Waals surface area contributed by atoms with Crippen LogP contribution >= 0.6 is 28.1 Å². The maximum atomic E-state index is 12.9. The molecule has 5 nitrogen and oxygen atoms in total. The largest absolute Gasteiger partial charge is 0.416 e. The van der Waals surface area contributed by atoms with Gasteiger partial charge < -0.3 is 10.6 Å². The summed E-state index contributed by atoms with van der Waals surface area (Å²) in [5.41, 5.74) is 1.15. The number of aryl methyl sites for hydroxylation is 1. The molecule has 0 atom stereocenters. The minimum atomic E-state index is -4.51. The van der Waals surface area contributed by atoms with Crippen LogP contribution < -0.4 is 16.0 Å². The second-order valence-corrected chi connectivity index (χ2v) is 8.25. The summed E-state index contributed by atoms with van der Waals surface area (Å²) in [4.78, 5) is 24.9. The first-order valence-electron chi connectivity index (χ1n) is 9.50. The Morgan fingerprint density at radius 1 is 0.848 bits per heavy atom. The molecule has 3 aromatic rings. The second-order valence-electron chi connectivity index (χ2n) is 6.99. The van der Waals surface area contributed by atoms with Crippen LogP contribution in [0.1, 0.15) is 31.8 Å². The van der Waals surface area contributed by atoms with Crippen molar-refractivity contribution in [2.24, 2.45) is 0 Å². The molecule has 0 radical (unpaired) electrons. The minimum Gasteiger partial charge on any atom is -0.332 e. The fraction of sp³-hybridized carbons (Fsp3) is 0.0870. The highest BCUT2D eigenvalue weighted by Crippen LogP contribution is 2.30. The maximum absolute atomic E-state index is 12.9. The highest BCUT2D eigenvalue weighted by Gasteiger charge is 2.30. The molecule has 0 aliphatic rings. The summed E-state index contributed by atoms with van der Waals surface area (Å²) in [5.74, 6) is -1.01. The molecule has 0 unspecified atom stereocenters. The van der Waals surface area contributed by atoms with E-state index in [4.69, 9.17) is 12.2 Å². The molecule has 0 aliphatic carbocycles. The Balaban J connectivity index is 1.65. The van der Waals surface area contributed by atoms with Gasteiger partial charge in [0.1, 0.15) is 0 Å². The number of hydrogen-bond donors (Lipinski definition) is 3. The van der Waals surface area contributed by atoms with E-state index < -0.39 is 23.6 Å². The second kappa shape index (κ2) is 10.1. The third-order valence-electron chi connectivity index (χ3n) is 4.49. The van der Waals surface area contributed by atoms with E-state index >= 15 is 0 Å². The topological polar surface area (TPSA) is 70.2 Å². The number of anilines is 2. The Bertz CT molecular complexity index is 1230. The van der Waals surface area contributed by atoms with Crippen molar-refractivity contribution in [3.05, 3.63) is 93.5 Å². The van der Waals surface area contributed by atoms with Crippen molar-refractivity contribution in [3.63, 3.8) is 0 Å². The molecule has 0 saturated carbocycles. The molecular formula is C23H17BrF3N3O2S. The summed E-state index contributed by atoms with van der Waals surface area (Å²) in [6, 6.07) is 15.6. The number of carbonyl (C=O) groups excluding carboxylic acids is 2. The lowest BCUT2D eigenvalue weighted by Crippen LogP contribution is -2.34. The van der Waals surface area contributed by atoms with Crippen LogP contribution in [0.4, 0.5) is 24.5 Å². The number of alkyl halides is 3. The van der Waals surface area contributed by atoms with Crippen LogP contribution in [-0.2, 0) is 6.18 Å². The van der Waals surface area contributed by atoms with Crippen LogP contribution in [0, 0.1) is 6.92 Å². The number of amides is 2. The van der Waals surface area contributed by atoms with Crippen molar-refractivity contribution in [3.8, 4) is 0 Å². The van der Waals surface area contributed by atoms with E-state index in [0.29, 0.717) is 11.3 Å². The van der Waals surface area contributed by atoms with Gasteiger partial charge in [-0.2, -0.15) is 13.2 Å². The molecule has 3 N–H and O–H groups in total. The number of benzene rings is 3. The highest BCUT2D eigenvalue weighted by molar-refractivity contribution is 9.10. The normalized spacial score (nSPS) is 10.9. The SMILES string of the molecule is Cc1ccc(C(=O)NC(=S)Nc2cccc(C(=O)Nc3cccc(C(F)(F)F)c3)c2)cc1Br. The molecule has 0 bridgehead atoms. The zero-order chi connectivity index (χ0) is 24.2. The van der Waals surface area contributed by atoms with E-state index in [1.54, 1.807) is 30.3 Å². The van der Waals surface area contributed by atoms with Gasteiger partial charge in [0, 0.05) is 27.0 Å². The fourth-order valence-electron chi connectivity index (χ4n) is 2.79. The van der Waals surface area contributed by atoms with Crippen molar-refractivity contribution in [2.75, 3.05) is 10.6 Å². The molecule has 3 aromatic carbocycles. The summed E-state index contributed by atoms with van der Waals surface area (Å²) < 4.78 is 39.4. The van der Waals surface area contributed by atoms with E-state index in [1.165, 1.54) is 24.3 Å². The zero-order valence-electron chi connectivity index (χ0n) is 17.1. The molecule has 3 rings (SSSR count). The summed E-state index contributed by atoms with van der Waals surface area (Å²) in [5, 5.41) is 7.83. The van der Waals surface area contributed by atoms with Gasteiger partial charge in [0.25, 0.3) is 11.8 Å². The van der Waals surface area contributed by atoms with Crippen LogP contribution in [0.15, 0.2) is 71.2 Å². The van der Waals surface area contributed by atoms with Crippen LogP contribution in [0.25, 0.3) is 0 Å². The Kier molecular flexibility index (Phi) is 7.50. The third-order valence-corrected chi connectivity index (χ3v) is 5.55. The number of rotatable bonds is 4. The van der Waals surface area contributed by atoms with Gasteiger partial charge in [-0.15, -0.1) is 0 Å². The Morgan fingerprint density at radius 3 is 2.15 bits per heavy atom. The monoisotopic (exact) mass is 535 g/mol. The quantitative estimate of drug-likeness (QED) is 0.350. The number of nitrogens with one attached hydrogen (secondary N) is 3. The molecule has 2 amide bonds. The van der Waals surface area contributed by atoms with Crippen molar-refractivity contribution in [1.82, 2.24) is 5.32 Å². The predicted molar refractivity (Wildman–Crippen MR) is 128 cm³/mol. The van der Waals surface area contributed by atoms with E-state index in [2.05, 4.69) is 31.9 Å². The highest BCUT2D eigenvalue weighted by atomic mass is 79.9. The summed E-state index contributed by atoms with van der Waals surface area (Å²) in [6.45, 7) is 1.90. The molecule has 0 fully saturated rings. The van der Waals surface area contributed by atoms with Gasteiger partial charge >= 0.3 is 6.18 Å². The van der Waals surface area contributed by atoms with Crippen LogP contribution in [0.3, 0.4) is 0 Å². The van der Waals surface area contributed by atoms with Crippen molar-refractivity contribution in [1.29, 1.82) is 0 Å². The first-order chi connectivity index (χ1) is 15.5. The van der Waals surface area contributed by atoms with Crippen LogP contribution in [0.5, 0.6) is 0 Å². The van der Waals surface area contributed by atoms with Crippen molar-refractivity contribution >= 4 is 56.4 Å². The maximum Gasteiger partial charge on any atom is 0.416 e. The predicted octanol–water partition coefficient (Wildman–Crippen LogP) is 6.16. The Morgan fingerprint density at radius 2 is 1.48 bits per heavy atom. The van der Waals surface area contributed by atoms with E-state index in [9.17, 15) is 22.8 Å². The van der Waals surface area contributed by atoms with Crippen LogP contribution in [-0.4, -0.2) is 16.9 Å². The van der Waals surface area contributed by atoms with Gasteiger partial charge in [-0.05, 0) is 73.2 Å². The van der Waals surface area contributed by atoms with Gasteiger partial charge in [-0.25, -0.2) is 0 Å². The number of halogens is 4. The zero-order valence-corrected chi connectivity index (χ0v) is 19.5. The van der Waals surface area contributed by atoms with Gasteiger partial charge in [-0.3, -0.25) is 14.9 Å². The molecule has 10 heteroatoms. The lowest BCUT2D eigenvalue weighted by Gasteiger charge is -2.12. The molecule has 0 saturated heterocycles. The molecule has 0 heterocycles. The molecule has 0 aromatic heterocycles. The fourth-order valence-corrected chi connectivity index (χ4v) is 3.38. The third kappa shape index (κ3) is 6.62. The first-order valence-corrected chi connectivity index (χ1v) is 10.7. The molecule has 170 valence electrons. The number of thiocarbonyl (C=S) groups is 1. The summed E-state index contributed by atoms with van der Waals surface area (Å²) in [7, 11) is 0. The van der Waals surface area contributed by atoms with E-state index in [1.807, 2.05) is 6.92 Å². The molecule has 0 spiro atoms. The standard InChI is InChI=1S/C23H17BrF3N3O2S/c1-13-8-9-15(11-19(13)24)21(32)30-22(33)29-17-6-2-4-14(10-17)20(31)28-18-7-3-5-16(12-18)23(25,26)27/h2-12H,1H3,(H,28,31)(H2,29,30,32,33). The molecular weight excluding hydrogens is 519 g/mol. The lowest BCUT2D eigenvalue weighted by atomic mass is 10.1. The number of hydrogen-bond acceptors (Lipinski definition) is 3. The molecule has 33 heavy (non-hydrogen) atoms. The molecule has 0 aliphatic heterocycles. The summed E-state index contributed by atoms with van der Waals surface area (Å²) >= 11 is 8.54.